The van der Waals surface area contributed by atoms with Gasteiger partial charge in [0.1, 0.15) is 11.8 Å². The SMILES string of the molecule is COc1ccc(CNCCCC(C)(C)CO)cc1C#N. The summed E-state index contributed by atoms with van der Waals surface area (Å²) in [4.78, 5) is 0. The molecule has 1 rings (SSSR count). The Morgan fingerprint density at radius 2 is 2.15 bits per heavy atom. The third kappa shape index (κ3) is 5.20. The van der Waals surface area contributed by atoms with Gasteiger partial charge in [0, 0.05) is 13.2 Å². The van der Waals surface area contributed by atoms with Crippen molar-refractivity contribution in [2.24, 2.45) is 5.41 Å². The van der Waals surface area contributed by atoms with Crippen molar-refractivity contribution in [1.82, 2.24) is 5.32 Å². The largest absolute Gasteiger partial charge is 0.495 e. The molecule has 0 aromatic heterocycles. The van der Waals surface area contributed by atoms with Gasteiger partial charge in [0.2, 0.25) is 0 Å². The van der Waals surface area contributed by atoms with Crippen LogP contribution >= 0.6 is 0 Å². The Hall–Kier alpha value is -1.57. The molecule has 0 spiro atoms. The average Bonchev–Trinajstić information content (AvgIpc) is 2.46. The first-order valence-electron chi connectivity index (χ1n) is 6.91. The van der Waals surface area contributed by atoms with E-state index in [1.54, 1.807) is 7.11 Å². The standard InChI is InChI=1S/C16H24N2O2/c1-16(2,12-19)7-4-8-18-11-13-5-6-15(20-3)14(9-13)10-17/h5-6,9,18-19H,4,7-8,11-12H2,1-3H3. The number of methoxy groups -OCH3 is 1. The van der Waals surface area contributed by atoms with Gasteiger partial charge in [0.05, 0.1) is 12.7 Å². The normalized spacial score (nSPS) is 11.2. The smallest absolute Gasteiger partial charge is 0.136 e. The van der Waals surface area contributed by atoms with Crippen molar-refractivity contribution in [2.45, 2.75) is 33.2 Å². The van der Waals surface area contributed by atoms with E-state index in [-0.39, 0.29) is 12.0 Å². The molecule has 0 radical (unpaired) electrons. The fourth-order valence-corrected chi connectivity index (χ4v) is 1.96. The molecule has 1 aromatic carbocycles. The van der Waals surface area contributed by atoms with Gasteiger partial charge in [-0.25, -0.2) is 0 Å². The maximum atomic E-state index is 9.17. The molecule has 0 saturated heterocycles. The van der Waals surface area contributed by atoms with Gasteiger partial charge >= 0.3 is 0 Å². The van der Waals surface area contributed by atoms with Crippen LogP contribution in [0.3, 0.4) is 0 Å². The quantitative estimate of drug-likeness (QED) is 0.716. The van der Waals surface area contributed by atoms with Crippen LogP contribution in [0.1, 0.15) is 37.8 Å². The first-order valence-corrected chi connectivity index (χ1v) is 6.91. The summed E-state index contributed by atoms with van der Waals surface area (Å²) in [5.74, 6) is 0.612. The predicted molar refractivity (Wildman–Crippen MR) is 79.5 cm³/mol. The van der Waals surface area contributed by atoms with Crippen LogP contribution in [-0.4, -0.2) is 25.4 Å². The third-order valence-electron chi connectivity index (χ3n) is 3.35. The van der Waals surface area contributed by atoms with E-state index in [0.717, 1.165) is 31.5 Å². The molecule has 0 aliphatic rings. The highest BCUT2D eigenvalue weighted by molar-refractivity contribution is 5.45. The Kier molecular flexibility index (Phi) is 6.50. The fraction of sp³-hybridized carbons (Fsp3) is 0.562. The lowest BCUT2D eigenvalue weighted by atomic mass is 9.89. The minimum absolute atomic E-state index is 0.00420. The molecule has 0 heterocycles. The number of hydrogen-bond donors (Lipinski definition) is 2. The molecule has 1 aromatic rings. The second kappa shape index (κ2) is 7.88. The highest BCUT2D eigenvalue weighted by Crippen LogP contribution is 2.21. The van der Waals surface area contributed by atoms with Crippen molar-refractivity contribution < 1.29 is 9.84 Å². The van der Waals surface area contributed by atoms with Gasteiger partial charge in [0.25, 0.3) is 0 Å². The molecule has 0 bridgehead atoms. The van der Waals surface area contributed by atoms with Crippen LogP contribution < -0.4 is 10.1 Å². The van der Waals surface area contributed by atoms with Crippen molar-refractivity contribution in [3.8, 4) is 11.8 Å². The Balaban J connectivity index is 2.38. The van der Waals surface area contributed by atoms with E-state index in [2.05, 4.69) is 25.2 Å². The molecule has 0 amide bonds. The highest BCUT2D eigenvalue weighted by Gasteiger charge is 2.15. The Labute approximate surface area is 121 Å². The average molecular weight is 276 g/mol. The first-order chi connectivity index (χ1) is 9.52. The number of nitrogens with one attached hydrogen (secondary N) is 1. The summed E-state index contributed by atoms with van der Waals surface area (Å²) in [6, 6.07) is 7.77. The zero-order valence-corrected chi connectivity index (χ0v) is 12.6. The zero-order valence-electron chi connectivity index (χ0n) is 12.6. The molecular weight excluding hydrogens is 252 g/mol. The van der Waals surface area contributed by atoms with Crippen LogP contribution in [-0.2, 0) is 6.54 Å². The number of ether oxygens (including phenoxy) is 1. The van der Waals surface area contributed by atoms with Crippen LogP contribution in [0.2, 0.25) is 0 Å². The lowest BCUT2D eigenvalue weighted by molar-refractivity contribution is 0.148. The number of aliphatic hydroxyl groups excluding tert-OH is 1. The zero-order chi connectivity index (χ0) is 15.0. The third-order valence-corrected chi connectivity index (χ3v) is 3.35. The fourth-order valence-electron chi connectivity index (χ4n) is 1.96. The molecule has 0 aliphatic heterocycles. The molecule has 0 atom stereocenters. The van der Waals surface area contributed by atoms with E-state index in [4.69, 9.17) is 10.00 Å². The van der Waals surface area contributed by atoms with Gasteiger partial charge < -0.3 is 15.2 Å². The van der Waals surface area contributed by atoms with Gasteiger partial charge in [0.15, 0.2) is 0 Å². The molecular formula is C16H24N2O2. The second-order valence-electron chi connectivity index (χ2n) is 5.75. The Morgan fingerprint density at radius 1 is 1.40 bits per heavy atom. The maximum absolute atomic E-state index is 9.17. The van der Waals surface area contributed by atoms with E-state index >= 15 is 0 Å². The lowest BCUT2D eigenvalue weighted by Crippen LogP contribution is -2.20. The molecule has 4 nitrogen and oxygen atoms in total. The number of rotatable bonds is 8. The van der Waals surface area contributed by atoms with Crippen LogP contribution in [0.4, 0.5) is 0 Å². The van der Waals surface area contributed by atoms with Crippen molar-refractivity contribution in [3.63, 3.8) is 0 Å². The summed E-state index contributed by atoms with van der Waals surface area (Å²) < 4.78 is 5.12. The minimum Gasteiger partial charge on any atom is -0.495 e. The molecule has 0 fully saturated rings. The van der Waals surface area contributed by atoms with Crippen molar-refractivity contribution in [1.29, 1.82) is 5.26 Å². The number of nitrogens with zero attached hydrogens (tertiary/aromatic N) is 1. The summed E-state index contributed by atoms with van der Waals surface area (Å²) in [5, 5.41) is 21.6. The van der Waals surface area contributed by atoms with Crippen LogP contribution in [0, 0.1) is 16.7 Å². The Morgan fingerprint density at radius 3 is 2.75 bits per heavy atom. The van der Waals surface area contributed by atoms with Gasteiger partial charge in [-0.05, 0) is 42.5 Å². The summed E-state index contributed by atoms with van der Waals surface area (Å²) in [6.07, 6.45) is 2.01. The van der Waals surface area contributed by atoms with Gasteiger partial charge in [-0.1, -0.05) is 19.9 Å². The van der Waals surface area contributed by atoms with E-state index < -0.39 is 0 Å². The summed E-state index contributed by atoms with van der Waals surface area (Å²) in [5.41, 5.74) is 1.63. The predicted octanol–water partition coefficient (Wildman–Crippen LogP) is 2.46. The summed E-state index contributed by atoms with van der Waals surface area (Å²) in [7, 11) is 1.57. The van der Waals surface area contributed by atoms with E-state index in [1.165, 1.54) is 0 Å². The molecule has 20 heavy (non-hydrogen) atoms. The molecule has 0 aliphatic carbocycles. The van der Waals surface area contributed by atoms with Gasteiger partial charge in [-0.15, -0.1) is 0 Å². The van der Waals surface area contributed by atoms with Crippen molar-refractivity contribution in [3.05, 3.63) is 29.3 Å². The second-order valence-corrected chi connectivity index (χ2v) is 5.75. The van der Waals surface area contributed by atoms with Gasteiger partial charge in [-0.2, -0.15) is 5.26 Å². The number of nitriles is 1. The van der Waals surface area contributed by atoms with Crippen molar-refractivity contribution in [2.75, 3.05) is 20.3 Å². The van der Waals surface area contributed by atoms with Crippen LogP contribution in [0.15, 0.2) is 18.2 Å². The monoisotopic (exact) mass is 276 g/mol. The van der Waals surface area contributed by atoms with Gasteiger partial charge in [-0.3, -0.25) is 0 Å². The molecule has 0 saturated carbocycles. The highest BCUT2D eigenvalue weighted by atomic mass is 16.5. The first kappa shape index (κ1) is 16.5. The van der Waals surface area contributed by atoms with E-state index in [1.807, 2.05) is 18.2 Å². The van der Waals surface area contributed by atoms with Crippen LogP contribution in [0.25, 0.3) is 0 Å². The maximum Gasteiger partial charge on any atom is 0.136 e. The number of benzene rings is 1. The number of hydrogen-bond acceptors (Lipinski definition) is 4. The molecule has 110 valence electrons. The van der Waals surface area contributed by atoms with E-state index in [9.17, 15) is 5.11 Å². The van der Waals surface area contributed by atoms with E-state index in [0.29, 0.717) is 11.3 Å². The van der Waals surface area contributed by atoms with Crippen LogP contribution in [0.5, 0.6) is 5.75 Å². The molecule has 2 N–H and O–H groups in total. The Bertz CT molecular complexity index is 464. The molecule has 0 unspecified atom stereocenters. The van der Waals surface area contributed by atoms with Crippen molar-refractivity contribution >= 4 is 0 Å². The summed E-state index contributed by atoms with van der Waals surface area (Å²) in [6.45, 7) is 5.98. The molecule has 4 heteroatoms. The number of aliphatic hydroxyl groups is 1. The minimum atomic E-state index is -0.00420. The summed E-state index contributed by atoms with van der Waals surface area (Å²) >= 11 is 0. The lowest BCUT2D eigenvalue weighted by Gasteiger charge is -2.21. The topological polar surface area (TPSA) is 65.3 Å².